The van der Waals surface area contributed by atoms with Crippen LogP contribution in [0, 0.1) is 0 Å². The first-order valence-electron chi connectivity index (χ1n) is 5.61. The van der Waals surface area contributed by atoms with Gasteiger partial charge in [-0.1, -0.05) is 0 Å². The van der Waals surface area contributed by atoms with Gasteiger partial charge in [0.2, 0.25) is 0 Å². The van der Waals surface area contributed by atoms with Crippen LogP contribution in [0.15, 0.2) is 22.9 Å². The molecule has 116 valence electrons. The van der Waals surface area contributed by atoms with Crippen LogP contribution in [0.2, 0.25) is 0 Å². The molecular formula is C11H15BrCl2F3N3. The Hall–Kier alpha value is -0.0800. The Morgan fingerprint density at radius 1 is 1.25 bits per heavy atom. The summed E-state index contributed by atoms with van der Waals surface area (Å²) in [6.07, 6.45) is -2.89. The molecule has 1 aromatic rings. The van der Waals surface area contributed by atoms with E-state index in [9.17, 15) is 13.2 Å². The summed E-state index contributed by atoms with van der Waals surface area (Å²) in [7, 11) is 0. The maximum atomic E-state index is 13.2. The number of piperazine rings is 1. The number of halogens is 6. The maximum absolute atomic E-state index is 13.2. The first-order valence-corrected chi connectivity index (χ1v) is 6.41. The Labute approximate surface area is 136 Å². The first-order chi connectivity index (χ1) is 8.48. The summed E-state index contributed by atoms with van der Waals surface area (Å²) in [5.74, 6) is 0. The number of aromatic nitrogens is 1. The van der Waals surface area contributed by atoms with Crippen molar-refractivity contribution in [3.63, 3.8) is 0 Å². The Bertz CT molecular complexity index is 414. The molecule has 0 amide bonds. The first kappa shape index (κ1) is 19.9. The zero-order valence-corrected chi connectivity index (χ0v) is 13.6. The van der Waals surface area contributed by atoms with E-state index in [0.29, 0.717) is 30.8 Å². The van der Waals surface area contributed by atoms with Gasteiger partial charge in [0.05, 0.1) is 0 Å². The quantitative estimate of drug-likeness (QED) is 0.778. The molecule has 1 aliphatic heterocycles. The summed E-state index contributed by atoms with van der Waals surface area (Å²) < 4.78 is 40.1. The van der Waals surface area contributed by atoms with Gasteiger partial charge in [-0.2, -0.15) is 13.2 Å². The van der Waals surface area contributed by atoms with Crippen LogP contribution in [0.3, 0.4) is 0 Å². The summed E-state index contributed by atoms with van der Waals surface area (Å²) in [6, 6.07) is 1.30. The van der Waals surface area contributed by atoms with Crippen molar-refractivity contribution in [2.24, 2.45) is 0 Å². The minimum atomic E-state index is -4.28. The second kappa shape index (κ2) is 8.38. The van der Waals surface area contributed by atoms with E-state index >= 15 is 0 Å². The van der Waals surface area contributed by atoms with Crippen molar-refractivity contribution in [2.75, 3.05) is 26.2 Å². The number of nitrogens with one attached hydrogen (secondary N) is 1. The normalized spacial score (nSPS) is 17.8. The minimum absolute atomic E-state index is 0. The standard InChI is InChI=1S/C11H13BrF3N3.2ClH/c12-9-7-8(1-2-17-9)10(11(13,14)15)18-5-3-16-4-6-18;;/h1-2,7,10,16H,3-6H2;2*1H/t10-;;/m0../s1. The molecule has 1 aromatic heterocycles. The molecule has 3 nitrogen and oxygen atoms in total. The van der Waals surface area contributed by atoms with Gasteiger partial charge in [0.25, 0.3) is 0 Å². The Morgan fingerprint density at radius 3 is 2.35 bits per heavy atom. The lowest BCUT2D eigenvalue weighted by Gasteiger charge is -2.36. The van der Waals surface area contributed by atoms with Crippen molar-refractivity contribution < 1.29 is 13.2 Å². The molecular weight excluding hydrogens is 382 g/mol. The number of alkyl halides is 3. The van der Waals surface area contributed by atoms with E-state index in [2.05, 4.69) is 26.2 Å². The molecule has 9 heteroatoms. The van der Waals surface area contributed by atoms with Crippen molar-refractivity contribution in [1.29, 1.82) is 0 Å². The molecule has 0 bridgehead atoms. The smallest absolute Gasteiger partial charge is 0.314 e. The molecule has 2 rings (SSSR count). The van der Waals surface area contributed by atoms with E-state index in [1.54, 1.807) is 0 Å². The van der Waals surface area contributed by atoms with Crippen LogP contribution in [0.25, 0.3) is 0 Å². The fraction of sp³-hybridized carbons (Fsp3) is 0.545. The van der Waals surface area contributed by atoms with Crippen LogP contribution in [-0.2, 0) is 0 Å². The SMILES string of the molecule is Cl.Cl.FC(F)(F)[C@H](c1ccnc(Br)c1)N1CCNCC1. The summed E-state index contributed by atoms with van der Waals surface area (Å²) in [5.41, 5.74) is 0.228. The monoisotopic (exact) mass is 395 g/mol. The molecule has 2 heterocycles. The van der Waals surface area contributed by atoms with Crippen LogP contribution in [0.5, 0.6) is 0 Å². The van der Waals surface area contributed by atoms with E-state index in [1.807, 2.05) is 0 Å². The molecule has 0 unspecified atom stereocenters. The number of hydrogen-bond acceptors (Lipinski definition) is 3. The third-order valence-electron chi connectivity index (χ3n) is 2.89. The summed E-state index contributed by atoms with van der Waals surface area (Å²) in [6.45, 7) is 1.95. The van der Waals surface area contributed by atoms with Gasteiger partial charge in [0.1, 0.15) is 10.6 Å². The molecule has 0 radical (unpaired) electrons. The van der Waals surface area contributed by atoms with Crippen molar-refractivity contribution in [3.8, 4) is 0 Å². The summed E-state index contributed by atoms with van der Waals surface area (Å²) in [5, 5.41) is 3.05. The van der Waals surface area contributed by atoms with Gasteiger partial charge in [-0.3, -0.25) is 4.90 Å². The average molecular weight is 397 g/mol. The molecule has 1 atom stereocenters. The second-order valence-corrected chi connectivity index (χ2v) is 4.95. The Morgan fingerprint density at radius 2 is 1.85 bits per heavy atom. The predicted octanol–water partition coefficient (Wildman–Crippen LogP) is 3.20. The Kier molecular flexibility index (Phi) is 8.35. The third kappa shape index (κ3) is 5.04. The van der Waals surface area contributed by atoms with Crippen molar-refractivity contribution in [2.45, 2.75) is 12.2 Å². The lowest BCUT2D eigenvalue weighted by atomic mass is 10.1. The highest BCUT2D eigenvalue weighted by molar-refractivity contribution is 9.10. The predicted molar refractivity (Wildman–Crippen MR) is 79.7 cm³/mol. The van der Waals surface area contributed by atoms with E-state index in [1.165, 1.54) is 23.2 Å². The highest BCUT2D eigenvalue weighted by Gasteiger charge is 2.44. The fourth-order valence-corrected chi connectivity index (χ4v) is 2.52. The lowest BCUT2D eigenvalue weighted by Crippen LogP contribution is -2.49. The van der Waals surface area contributed by atoms with E-state index < -0.39 is 12.2 Å². The topological polar surface area (TPSA) is 28.2 Å². The van der Waals surface area contributed by atoms with Crippen LogP contribution in [0.1, 0.15) is 11.6 Å². The fourth-order valence-electron chi connectivity index (χ4n) is 2.13. The zero-order chi connectivity index (χ0) is 13.2. The lowest BCUT2D eigenvalue weighted by molar-refractivity contribution is -0.187. The van der Waals surface area contributed by atoms with Crippen LogP contribution < -0.4 is 5.32 Å². The maximum Gasteiger partial charge on any atom is 0.408 e. The molecule has 1 fully saturated rings. The van der Waals surface area contributed by atoms with E-state index in [4.69, 9.17) is 0 Å². The van der Waals surface area contributed by atoms with Gasteiger partial charge in [-0.15, -0.1) is 24.8 Å². The highest BCUT2D eigenvalue weighted by atomic mass is 79.9. The highest BCUT2D eigenvalue weighted by Crippen LogP contribution is 2.38. The van der Waals surface area contributed by atoms with Crippen molar-refractivity contribution in [3.05, 3.63) is 28.5 Å². The number of pyridine rings is 1. The average Bonchev–Trinajstić information content (AvgIpc) is 2.28. The van der Waals surface area contributed by atoms with Gasteiger partial charge in [0.15, 0.2) is 0 Å². The van der Waals surface area contributed by atoms with Crippen LogP contribution in [0.4, 0.5) is 13.2 Å². The Balaban J connectivity index is 0.00000180. The molecule has 1 saturated heterocycles. The molecule has 0 saturated carbocycles. The zero-order valence-electron chi connectivity index (χ0n) is 10.4. The van der Waals surface area contributed by atoms with E-state index in [-0.39, 0.29) is 30.4 Å². The van der Waals surface area contributed by atoms with Crippen LogP contribution in [-0.4, -0.2) is 42.2 Å². The van der Waals surface area contributed by atoms with Gasteiger partial charge in [-0.25, -0.2) is 4.98 Å². The molecule has 0 spiro atoms. The number of nitrogens with zero attached hydrogens (tertiary/aromatic N) is 2. The van der Waals surface area contributed by atoms with Crippen molar-refractivity contribution >= 4 is 40.7 Å². The molecule has 1 N–H and O–H groups in total. The van der Waals surface area contributed by atoms with Crippen molar-refractivity contribution in [1.82, 2.24) is 15.2 Å². The summed E-state index contributed by atoms with van der Waals surface area (Å²) in [4.78, 5) is 5.32. The summed E-state index contributed by atoms with van der Waals surface area (Å²) >= 11 is 3.11. The molecule has 0 aliphatic carbocycles. The largest absolute Gasteiger partial charge is 0.408 e. The van der Waals surface area contributed by atoms with Gasteiger partial charge in [0, 0.05) is 32.4 Å². The van der Waals surface area contributed by atoms with Gasteiger partial charge >= 0.3 is 6.18 Å². The van der Waals surface area contributed by atoms with Gasteiger partial charge in [-0.05, 0) is 33.6 Å². The van der Waals surface area contributed by atoms with E-state index in [0.717, 1.165) is 0 Å². The number of hydrogen-bond donors (Lipinski definition) is 1. The second-order valence-electron chi connectivity index (χ2n) is 4.14. The third-order valence-corrected chi connectivity index (χ3v) is 3.33. The van der Waals surface area contributed by atoms with Gasteiger partial charge < -0.3 is 5.32 Å². The molecule has 20 heavy (non-hydrogen) atoms. The van der Waals surface area contributed by atoms with Crippen LogP contribution >= 0.6 is 40.7 Å². The molecule has 0 aromatic carbocycles. The number of rotatable bonds is 2. The molecule has 1 aliphatic rings. The minimum Gasteiger partial charge on any atom is -0.314 e.